The predicted octanol–water partition coefficient (Wildman–Crippen LogP) is 4.27. The number of nitrogens with one attached hydrogen (secondary N) is 1. The van der Waals surface area contributed by atoms with Crippen molar-refractivity contribution in [2.45, 2.75) is 0 Å². The summed E-state index contributed by atoms with van der Waals surface area (Å²) in [6, 6.07) is 13.1. The predicted molar refractivity (Wildman–Crippen MR) is 97.0 cm³/mol. The molecule has 2 heterocycles. The average molecular weight is 353 g/mol. The molecule has 1 amide bonds. The Kier molecular flexibility index (Phi) is 3.99. The van der Waals surface area contributed by atoms with Crippen molar-refractivity contribution in [1.29, 1.82) is 0 Å². The number of hydrogen-bond acceptors (Lipinski definition) is 4. The van der Waals surface area contributed by atoms with Gasteiger partial charge in [0.15, 0.2) is 11.5 Å². The van der Waals surface area contributed by atoms with Crippen molar-refractivity contribution >= 4 is 40.2 Å². The Morgan fingerprint density at radius 3 is 3.00 bits per heavy atom. The number of amides is 1. The fourth-order valence-electron chi connectivity index (χ4n) is 2.58. The summed E-state index contributed by atoms with van der Waals surface area (Å²) < 4.78 is 10.6. The molecule has 0 spiro atoms. The maximum atomic E-state index is 12.1. The summed E-state index contributed by atoms with van der Waals surface area (Å²) in [6.07, 6.45) is 4.73. The van der Waals surface area contributed by atoms with Crippen LogP contribution >= 0.6 is 11.6 Å². The summed E-state index contributed by atoms with van der Waals surface area (Å²) in [5.74, 6) is 0.850. The number of hydrogen-bond donors (Lipinski definition) is 1. The number of carbonyl (C=O) groups is 1. The first-order chi connectivity index (χ1) is 12.2. The lowest BCUT2D eigenvalue weighted by Crippen LogP contribution is -2.07. The molecule has 0 radical (unpaired) electrons. The third kappa shape index (κ3) is 3.27. The van der Waals surface area contributed by atoms with Gasteiger partial charge in [0, 0.05) is 11.5 Å². The molecule has 3 aromatic rings. The highest BCUT2D eigenvalue weighted by atomic mass is 35.5. The van der Waals surface area contributed by atoms with Gasteiger partial charge in [0.05, 0.1) is 22.4 Å². The van der Waals surface area contributed by atoms with Gasteiger partial charge in [0.2, 0.25) is 12.7 Å². The van der Waals surface area contributed by atoms with E-state index in [0.717, 1.165) is 16.5 Å². The first-order valence-electron chi connectivity index (χ1n) is 7.62. The lowest BCUT2D eigenvalue weighted by atomic mass is 10.2. The Morgan fingerprint density at radius 2 is 2.08 bits per heavy atom. The Morgan fingerprint density at radius 1 is 1.20 bits per heavy atom. The Balaban J connectivity index is 1.49. The van der Waals surface area contributed by atoms with Crippen LogP contribution in [-0.2, 0) is 4.79 Å². The van der Waals surface area contributed by atoms with Crippen LogP contribution in [0.15, 0.2) is 54.7 Å². The molecule has 1 aliphatic rings. The molecule has 0 aliphatic carbocycles. The molecule has 0 bridgehead atoms. The van der Waals surface area contributed by atoms with Crippen molar-refractivity contribution in [3.05, 3.63) is 65.3 Å². The largest absolute Gasteiger partial charge is 0.454 e. The Hall–Kier alpha value is -3.05. The van der Waals surface area contributed by atoms with E-state index in [1.807, 2.05) is 30.3 Å². The van der Waals surface area contributed by atoms with Crippen LogP contribution in [0.2, 0.25) is 5.02 Å². The number of aromatic nitrogens is 1. The molecule has 2 aromatic carbocycles. The summed E-state index contributed by atoms with van der Waals surface area (Å²) in [6.45, 7) is 0.150. The van der Waals surface area contributed by atoms with E-state index in [4.69, 9.17) is 21.1 Å². The molecule has 1 N–H and O–H groups in total. The van der Waals surface area contributed by atoms with E-state index in [1.165, 1.54) is 6.08 Å². The summed E-state index contributed by atoms with van der Waals surface area (Å²) >= 11 is 6.13. The van der Waals surface area contributed by atoms with E-state index in [9.17, 15) is 4.79 Å². The topological polar surface area (TPSA) is 60.5 Å². The highest BCUT2D eigenvalue weighted by Gasteiger charge is 2.17. The van der Waals surface area contributed by atoms with Crippen LogP contribution in [0.1, 0.15) is 5.56 Å². The number of carbonyl (C=O) groups excluding carboxylic acids is 1. The van der Waals surface area contributed by atoms with E-state index >= 15 is 0 Å². The number of pyridine rings is 1. The minimum absolute atomic E-state index is 0.150. The quantitative estimate of drug-likeness (QED) is 0.715. The highest BCUT2D eigenvalue weighted by Crippen LogP contribution is 2.40. The van der Waals surface area contributed by atoms with Gasteiger partial charge in [0.25, 0.3) is 0 Å². The van der Waals surface area contributed by atoms with Crippen molar-refractivity contribution in [2.75, 3.05) is 12.1 Å². The number of para-hydroxylation sites is 1. The van der Waals surface area contributed by atoms with Gasteiger partial charge >= 0.3 is 0 Å². The molecule has 4 rings (SSSR count). The van der Waals surface area contributed by atoms with E-state index in [0.29, 0.717) is 22.2 Å². The number of ether oxygens (including phenoxy) is 2. The Bertz CT molecular complexity index is 1000. The summed E-state index contributed by atoms with van der Waals surface area (Å²) in [7, 11) is 0. The molecule has 6 heteroatoms. The fourth-order valence-corrected chi connectivity index (χ4v) is 2.85. The minimum atomic E-state index is -0.258. The number of benzene rings is 2. The lowest BCUT2D eigenvalue weighted by molar-refractivity contribution is -0.111. The van der Waals surface area contributed by atoms with Gasteiger partial charge in [-0.05, 0) is 35.9 Å². The minimum Gasteiger partial charge on any atom is -0.454 e. The van der Waals surface area contributed by atoms with Gasteiger partial charge in [-0.3, -0.25) is 9.78 Å². The SMILES string of the molecule is O=C(C=Cc1cc(Cl)c2c(c1)OCO2)Nc1cnc2ccccc2c1. The second kappa shape index (κ2) is 6.45. The fraction of sp³-hybridized carbons (Fsp3) is 0.0526. The van der Waals surface area contributed by atoms with Crippen LogP contribution in [0, 0.1) is 0 Å². The number of anilines is 1. The third-order valence-electron chi connectivity index (χ3n) is 3.73. The van der Waals surface area contributed by atoms with Crippen LogP contribution in [-0.4, -0.2) is 17.7 Å². The van der Waals surface area contributed by atoms with Gasteiger partial charge < -0.3 is 14.8 Å². The zero-order valence-electron chi connectivity index (χ0n) is 13.0. The molecule has 0 saturated carbocycles. The standard InChI is InChI=1S/C19H13ClN2O3/c20-15-7-12(8-17-19(15)25-11-24-17)5-6-18(23)22-14-9-13-3-1-2-4-16(13)21-10-14/h1-10H,11H2,(H,22,23). The number of rotatable bonds is 3. The number of nitrogens with zero attached hydrogens (tertiary/aromatic N) is 1. The molecule has 0 saturated heterocycles. The summed E-state index contributed by atoms with van der Waals surface area (Å²) in [4.78, 5) is 16.4. The molecule has 0 atom stereocenters. The molecule has 1 aromatic heterocycles. The monoisotopic (exact) mass is 352 g/mol. The summed E-state index contributed by atoms with van der Waals surface area (Å²) in [5.41, 5.74) is 2.27. The van der Waals surface area contributed by atoms with E-state index in [-0.39, 0.29) is 12.7 Å². The third-order valence-corrected chi connectivity index (χ3v) is 4.02. The van der Waals surface area contributed by atoms with Crippen LogP contribution in [0.5, 0.6) is 11.5 Å². The van der Waals surface area contributed by atoms with Gasteiger partial charge in [0.1, 0.15) is 0 Å². The van der Waals surface area contributed by atoms with E-state index in [1.54, 1.807) is 24.4 Å². The van der Waals surface area contributed by atoms with Crippen molar-refractivity contribution in [3.8, 4) is 11.5 Å². The van der Waals surface area contributed by atoms with Crippen molar-refractivity contribution in [2.24, 2.45) is 0 Å². The molecule has 5 nitrogen and oxygen atoms in total. The number of halogens is 1. The molecular weight excluding hydrogens is 340 g/mol. The van der Waals surface area contributed by atoms with E-state index < -0.39 is 0 Å². The van der Waals surface area contributed by atoms with Gasteiger partial charge in [-0.15, -0.1) is 0 Å². The summed E-state index contributed by atoms with van der Waals surface area (Å²) in [5, 5.41) is 4.21. The Labute approximate surface area is 148 Å². The second-order valence-corrected chi connectivity index (χ2v) is 5.88. The van der Waals surface area contributed by atoms with Crippen molar-refractivity contribution in [3.63, 3.8) is 0 Å². The maximum Gasteiger partial charge on any atom is 0.248 e. The zero-order chi connectivity index (χ0) is 17.2. The normalized spacial score (nSPS) is 12.7. The van der Waals surface area contributed by atoms with Crippen LogP contribution < -0.4 is 14.8 Å². The first kappa shape index (κ1) is 15.5. The molecule has 1 aliphatic heterocycles. The van der Waals surface area contributed by atoms with Crippen molar-refractivity contribution < 1.29 is 14.3 Å². The maximum absolute atomic E-state index is 12.1. The lowest BCUT2D eigenvalue weighted by Gasteiger charge is -2.04. The molecule has 124 valence electrons. The van der Waals surface area contributed by atoms with Crippen LogP contribution in [0.25, 0.3) is 17.0 Å². The van der Waals surface area contributed by atoms with Gasteiger partial charge in [-0.2, -0.15) is 0 Å². The van der Waals surface area contributed by atoms with Gasteiger partial charge in [-0.1, -0.05) is 29.8 Å². The first-order valence-corrected chi connectivity index (χ1v) is 8.00. The van der Waals surface area contributed by atoms with E-state index in [2.05, 4.69) is 10.3 Å². The molecular formula is C19H13ClN2O3. The molecule has 25 heavy (non-hydrogen) atoms. The van der Waals surface area contributed by atoms with Crippen LogP contribution in [0.3, 0.4) is 0 Å². The zero-order valence-corrected chi connectivity index (χ0v) is 13.8. The van der Waals surface area contributed by atoms with Gasteiger partial charge in [-0.25, -0.2) is 0 Å². The number of fused-ring (bicyclic) bond motifs is 2. The van der Waals surface area contributed by atoms with Crippen molar-refractivity contribution in [1.82, 2.24) is 4.98 Å². The smallest absolute Gasteiger partial charge is 0.248 e. The molecule has 0 fully saturated rings. The average Bonchev–Trinajstić information content (AvgIpc) is 3.09. The van der Waals surface area contributed by atoms with Crippen LogP contribution in [0.4, 0.5) is 5.69 Å². The highest BCUT2D eigenvalue weighted by molar-refractivity contribution is 6.32. The second-order valence-electron chi connectivity index (χ2n) is 5.48. The molecule has 0 unspecified atom stereocenters.